The number of nitrogens with zero attached hydrogens (tertiary/aromatic N) is 1. The zero-order chi connectivity index (χ0) is 12.1. The molecule has 1 aromatic rings. The number of methoxy groups -OCH3 is 1. The smallest absolute Gasteiger partial charge is 0.128 e. The minimum absolute atomic E-state index is 0.654. The van der Waals surface area contributed by atoms with Gasteiger partial charge in [0.1, 0.15) is 5.84 Å². The molecule has 3 nitrogen and oxygen atoms in total. The normalized spacial score (nSPS) is 17.1. The lowest BCUT2D eigenvalue weighted by molar-refractivity contribution is 0.119. The highest BCUT2D eigenvalue weighted by molar-refractivity contribution is 5.96. The SMILES string of the molecule is COCC1CCN(C(=N)c2ccccc2)CC1. The summed E-state index contributed by atoms with van der Waals surface area (Å²) in [7, 11) is 1.76. The van der Waals surface area contributed by atoms with E-state index in [-0.39, 0.29) is 0 Å². The van der Waals surface area contributed by atoms with Gasteiger partial charge >= 0.3 is 0 Å². The Hall–Kier alpha value is -1.35. The first-order valence-electron chi connectivity index (χ1n) is 6.19. The molecule has 3 heteroatoms. The van der Waals surface area contributed by atoms with E-state index < -0.39 is 0 Å². The third-order valence-electron chi connectivity index (χ3n) is 3.38. The van der Waals surface area contributed by atoms with Gasteiger partial charge in [0.05, 0.1) is 0 Å². The lowest BCUT2D eigenvalue weighted by Gasteiger charge is -2.33. The molecule has 1 aromatic carbocycles. The molecule has 1 N–H and O–H groups in total. The number of benzene rings is 1. The predicted molar refractivity (Wildman–Crippen MR) is 69.4 cm³/mol. The first-order chi connectivity index (χ1) is 8.31. The summed E-state index contributed by atoms with van der Waals surface area (Å²) in [6.07, 6.45) is 2.26. The van der Waals surface area contributed by atoms with Crippen molar-refractivity contribution in [2.24, 2.45) is 5.92 Å². The summed E-state index contributed by atoms with van der Waals surface area (Å²) in [4.78, 5) is 2.17. The van der Waals surface area contributed by atoms with Crippen molar-refractivity contribution >= 4 is 5.84 Å². The number of amidine groups is 1. The summed E-state index contributed by atoms with van der Waals surface area (Å²) in [5.41, 5.74) is 1.01. The lowest BCUT2D eigenvalue weighted by atomic mass is 9.97. The van der Waals surface area contributed by atoms with Gasteiger partial charge in [0.25, 0.3) is 0 Å². The van der Waals surface area contributed by atoms with E-state index in [1.165, 1.54) is 0 Å². The number of hydrogen-bond donors (Lipinski definition) is 1. The summed E-state index contributed by atoms with van der Waals surface area (Å²) in [5, 5.41) is 8.19. The standard InChI is InChI=1S/C14H20N2O/c1-17-11-12-7-9-16(10-8-12)14(15)13-5-3-2-4-6-13/h2-6,12,15H,7-11H2,1H3. The molecule has 0 saturated carbocycles. The molecule has 0 atom stereocenters. The third-order valence-corrected chi connectivity index (χ3v) is 3.38. The molecule has 1 saturated heterocycles. The van der Waals surface area contributed by atoms with Gasteiger partial charge in [0, 0.05) is 32.4 Å². The van der Waals surface area contributed by atoms with Gasteiger partial charge in [0.2, 0.25) is 0 Å². The third kappa shape index (κ3) is 3.07. The average Bonchev–Trinajstić information content (AvgIpc) is 2.40. The van der Waals surface area contributed by atoms with Gasteiger partial charge in [-0.3, -0.25) is 5.41 Å². The van der Waals surface area contributed by atoms with Crippen molar-refractivity contribution in [3.05, 3.63) is 35.9 Å². The molecule has 0 aromatic heterocycles. The largest absolute Gasteiger partial charge is 0.384 e. The van der Waals surface area contributed by atoms with Crippen molar-refractivity contribution in [3.63, 3.8) is 0 Å². The Kier molecular flexibility index (Phi) is 4.15. The van der Waals surface area contributed by atoms with E-state index in [4.69, 9.17) is 10.1 Å². The molecule has 0 amide bonds. The van der Waals surface area contributed by atoms with Crippen LogP contribution in [0.4, 0.5) is 0 Å². The number of nitrogens with one attached hydrogen (secondary N) is 1. The Balaban J connectivity index is 1.91. The minimum Gasteiger partial charge on any atom is -0.384 e. The van der Waals surface area contributed by atoms with Crippen LogP contribution in [-0.2, 0) is 4.74 Å². The highest BCUT2D eigenvalue weighted by Crippen LogP contribution is 2.19. The maximum atomic E-state index is 8.19. The summed E-state index contributed by atoms with van der Waals surface area (Å²) >= 11 is 0. The molecule has 0 unspecified atom stereocenters. The van der Waals surface area contributed by atoms with Gasteiger partial charge in [-0.2, -0.15) is 0 Å². The molecule has 1 aliphatic rings. The van der Waals surface area contributed by atoms with Crippen LogP contribution < -0.4 is 0 Å². The van der Waals surface area contributed by atoms with Gasteiger partial charge in [-0.15, -0.1) is 0 Å². The van der Waals surface area contributed by atoms with E-state index in [2.05, 4.69) is 4.90 Å². The maximum Gasteiger partial charge on any atom is 0.128 e. The Morgan fingerprint density at radius 2 is 1.94 bits per heavy atom. The fourth-order valence-electron chi connectivity index (χ4n) is 2.34. The number of piperidine rings is 1. The molecule has 1 fully saturated rings. The van der Waals surface area contributed by atoms with Crippen LogP contribution in [0.5, 0.6) is 0 Å². The van der Waals surface area contributed by atoms with Crippen molar-refractivity contribution in [1.29, 1.82) is 5.41 Å². The second kappa shape index (κ2) is 5.82. The Bertz CT molecular complexity index is 356. The Morgan fingerprint density at radius 1 is 1.29 bits per heavy atom. The second-order valence-electron chi connectivity index (χ2n) is 4.60. The Morgan fingerprint density at radius 3 is 2.53 bits per heavy atom. The lowest BCUT2D eigenvalue weighted by Crippen LogP contribution is -2.39. The van der Waals surface area contributed by atoms with Gasteiger partial charge < -0.3 is 9.64 Å². The molecule has 0 spiro atoms. The van der Waals surface area contributed by atoms with Crippen molar-refractivity contribution in [2.45, 2.75) is 12.8 Å². The van der Waals surface area contributed by atoms with Crippen LogP contribution in [0, 0.1) is 11.3 Å². The van der Waals surface area contributed by atoms with Gasteiger partial charge in [-0.1, -0.05) is 30.3 Å². The zero-order valence-electron chi connectivity index (χ0n) is 10.4. The van der Waals surface area contributed by atoms with Gasteiger partial charge in [-0.05, 0) is 18.8 Å². The maximum absolute atomic E-state index is 8.19. The minimum atomic E-state index is 0.654. The molecule has 17 heavy (non-hydrogen) atoms. The van der Waals surface area contributed by atoms with Crippen LogP contribution in [0.2, 0.25) is 0 Å². The van der Waals surface area contributed by atoms with Crippen molar-refractivity contribution in [2.75, 3.05) is 26.8 Å². The monoisotopic (exact) mass is 232 g/mol. The molecule has 2 rings (SSSR count). The summed E-state index contributed by atoms with van der Waals surface area (Å²) < 4.78 is 5.19. The van der Waals surface area contributed by atoms with Crippen LogP contribution in [0.25, 0.3) is 0 Å². The van der Waals surface area contributed by atoms with E-state index in [9.17, 15) is 0 Å². The Labute approximate surface area is 103 Å². The first-order valence-corrected chi connectivity index (χ1v) is 6.19. The topological polar surface area (TPSA) is 36.3 Å². The number of ether oxygens (including phenoxy) is 1. The van der Waals surface area contributed by atoms with Crippen LogP contribution in [-0.4, -0.2) is 37.5 Å². The van der Waals surface area contributed by atoms with Gasteiger partial charge in [-0.25, -0.2) is 0 Å². The van der Waals surface area contributed by atoms with E-state index in [1.807, 2.05) is 30.3 Å². The van der Waals surface area contributed by atoms with Crippen molar-refractivity contribution in [3.8, 4) is 0 Å². The number of likely N-dealkylation sites (tertiary alicyclic amines) is 1. The van der Waals surface area contributed by atoms with Crippen LogP contribution in [0.1, 0.15) is 18.4 Å². The number of rotatable bonds is 3. The molecule has 1 aliphatic heterocycles. The van der Waals surface area contributed by atoms with E-state index >= 15 is 0 Å². The highest BCUT2D eigenvalue weighted by atomic mass is 16.5. The molecular weight excluding hydrogens is 212 g/mol. The summed E-state index contributed by atoms with van der Waals surface area (Å²) in [6.45, 7) is 2.80. The molecule has 0 radical (unpaired) electrons. The fraction of sp³-hybridized carbons (Fsp3) is 0.500. The highest BCUT2D eigenvalue weighted by Gasteiger charge is 2.21. The number of hydrogen-bond acceptors (Lipinski definition) is 2. The van der Waals surface area contributed by atoms with Crippen LogP contribution in [0.3, 0.4) is 0 Å². The van der Waals surface area contributed by atoms with Crippen molar-refractivity contribution < 1.29 is 4.74 Å². The quantitative estimate of drug-likeness (QED) is 0.641. The summed E-state index contributed by atoms with van der Waals surface area (Å²) in [6, 6.07) is 9.97. The van der Waals surface area contributed by atoms with E-state index in [1.54, 1.807) is 7.11 Å². The van der Waals surface area contributed by atoms with Crippen LogP contribution in [0.15, 0.2) is 30.3 Å². The molecular formula is C14H20N2O. The van der Waals surface area contributed by atoms with Gasteiger partial charge in [0.15, 0.2) is 0 Å². The first kappa shape index (κ1) is 12.1. The van der Waals surface area contributed by atoms with Crippen molar-refractivity contribution in [1.82, 2.24) is 4.90 Å². The molecule has 0 aliphatic carbocycles. The zero-order valence-corrected chi connectivity index (χ0v) is 10.4. The van der Waals surface area contributed by atoms with Crippen LogP contribution >= 0.6 is 0 Å². The molecule has 92 valence electrons. The van der Waals surface area contributed by atoms with E-state index in [0.717, 1.165) is 38.1 Å². The average molecular weight is 232 g/mol. The molecule has 1 heterocycles. The predicted octanol–water partition coefficient (Wildman–Crippen LogP) is 2.37. The molecule has 0 bridgehead atoms. The fourth-order valence-corrected chi connectivity index (χ4v) is 2.34. The summed E-state index contributed by atoms with van der Waals surface area (Å²) in [5.74, 6) is 1.32. The van der Waals surface area contributed by atoms with E-state index in [0.29, 0.717) is 11.8 Å². The second-order valence-corrected chi connectivity index (χ2v) is 4.60.